The van der Waals surface area contributed by atoms with Gasteiger partial charge < -0.3 is 14.8 Å². The summed E-state index contributed by atoms with van der Waals surface area (Å²) in [4.78, 5) is 14.3. The molecule has 6 heteroatoms. The van der Waals surface area contributed by atoms with Gasteiger partial charge in [-0.25, -0.2) is 0 Å². The van der Waals surface area contributed by atoms with Crippen molar-refractivity contribution in [2.75, 3.05) is 32.1 Å². The van der Waals surface area contributed by atoms with Crippen molar-refractivity contribution in [1.29, 1.82) is 0 Å². The fraction of sp³-hybridized carbons (Fsp3) is 0.533. The third-order valence-electron chi connectivity index (χ3n) is 3.52. The minimum atomic E-state index is -0.0582. The number of carbonyl (C=O) groups excluding carboxylic acids is 1. The zero-order chi connectivity index (χ0) is 15.4. The van der Waals surface area contributed by atoms with Crippen LogP contribution < -0.4 is 10.1 Å². The lowest BCUT2D eigenvalue weighted by atomic mass is 10.2. The molecular formula is C15H21ClN2O3. The number of hydrogen-bond acceptors (Lipinski definition) is 4. The van der Waals surface area contributed by atoms with Gasteiger partial charge >= 0.3 is 0 Å². The van der Waals surface area contributed by atoms with Crippen LogP contribution in [0.1, 0.15) is 13.8 Å². The molecule has 1 aliphatic heterocycles. The molecule has 1 amide bonds. The van der Waals surface area contributed by atoms with Gasteiger partial charge in [0, 0.05) is 18.3 Å². The molecular weight excluding hydrogens is 292 g/mol. The highest BCUT2D eigenvalue weighted by atomic mass is 35.5. The van der Waals surface area contributed by atoms with Crippen molar-refractivity contribution in [2.45, 2.75) is 26.0 Å². The lowest BCUT2D eigenvalue weighted by molar-refractivity contribution is -0.121. The lowest BCUT2D eigenvalue weighted by Gasteiger charge is -2.36. The summed E-state index contributed by atoms with van der Waals surface area (Å²) in [7, 11) is 1.56. The Morgan fingerprint density at radius 1 is 1.52 bits per heavy atom. The first kappa shape index (κ1) is 16.1. The van der Waals surface area contributed by atoms with Crippen molar-refractivity contribution in [2.24, 2.45) is 0 Å². The Morgan fingerprint density at radius 2 is 2.29 bits per heavy atom. The quantitative estimate of drug-likeness (QED) is 0.927. The number of carbonyl (C=O) groups is 1. The van der Waals surface area contributed by atoms with Crippen LogP contribution in [0.3, 0.4) is 0 Å². The van der Waals surface area contributed by atoms with Gasteiger partial charge in [0.2, 0.25) is 5.91 Å². The van der Waals surface area contributed by atoms with Crippen LogP contribution in [-0.4, -0.2) is 49.8 Å². The molecule has 0 radical (unpaired) electrons. The van der Waals surface area contributed by atoms with E-state index < -0.39 is 0 Å². The van der Waals surface area contributed by atoms with Crippen molar-refractivity contribution in [3.05, 3.63) is 23.2 Å². The lowest BCUT2D eigenvalue weighted by Crippen LogP contribution is -2.50. The van der Waals surface area contributed by atoms with E-state index >= 15 is 0 Å². The zero-order valence-electron chi connectivity index (χ0n) is 12.6. The number of morpholine rings is 1. The van der Waals surface area contributed by atoms with Crippen LogP contribution >= 0.6 is 11.6 Å². The number of ether oxygens (including phenoxy) is 2. The molecule has 1 heterocycles. The summed E-state index contributed by atoms with van der Waals surface area (Å²) < 4.78 is 10.6. The molecule has 1 aliphatic rings. The van der Waals surface area contributed by atoms with Crippen LogP contribution in [0.5, 0.6) is 5.75 Å². The fourth-order valence-electron chi connectivity index (χ4n) is 2.32. The molecule has 5 nitrogen and oxygen atoms in total. The van der Waals surface area contributed by atoms with Gasteiger partial charge in [-0.05, 0) is 32.0 Å². The minimum absolute atomic E-state index is 0.0582. The van der Waals surface area contributed by atoms with Gasteiger partial charge in [-0.1, -0.05) is 11.6 Å². The predicted octanol–water partition coefficient (Wildman–Crippen LogP) is 2.40. The minimum Gasteiger partial charge on any atom is -0.495 e. The first-order valence-electron chi connectivity index (χ1n) is 6.98. The molecule has 0 bridgehead atoms. The number of anilines is 1. The Balaban J connectivity index is 1.93. The van der Waals surface area contributed by atoms with Crippen LogP contribution in [0.2, 0.25) is 5.02 Å². The summed E-state index contributed by atoms with van der Waals surface area (Å²) in [6.07, 6.45) is 0.157. The fourth-order valence-corrected chi connectivity index (χ4v) is 2.58. The number of hydrogen-bond donors (Lipinski definition) is 1. The Kier molecular flexibility index (Phi) is 5.45. The summed E-state index contributed by atoms with van der Waals surface area (Å²) in [5, 5.41) is 3.33. The maximum atomic E-state index is 12.1. The topological polar surface area (TPSA) is 50.8 Å². The average Bonchev–Trinajstić information content (AvgIpc) is 2.43. The Labute approximate surface area is 130 Å². The van der Waals surface area contributed by atoms with Gasteiger partial charge in [0.25, 0.3) is 0 Å². The van der Waals surface area contributed by atoms with Gasteiger partial charge in [0.05, 0.1) is 31.4 Å². The second kappa shape index (κ2) is 7.11. The van der Waals surface area contributed by atoms with Crippen LogP contribution in [0.25, 0.3) is 0 Å². The summed E-state index contributed by atoms with van der Waals surface area (Å²) >= 11 is 6.04. The van der Waals surface area contributed by atoms with Crippen LogP contribution in [0, 0.1) is 0 Å². The van der Waals surface area contributed by atoms with E-state index in [9.17, 15) is 4.79 Å². The molecule has 0 aromatic heterocycles. The monoisotopic (exact) mass is 312 g/mol. The highest BCUT2D eigenvalue weighted by Gasteiger charge is 2.25. The van der Waals surface area contributed by atoms with Gasteiger partial charge in [-0.3, -0.25) is 9.69 Å². The summed E-state index contributed by atoms with van der Waals surface area (Å²) in [6, 6.07) is 5.43. The van der Waals surface area contributed by atoms with E-state index in [1.165, 1.54) is 0 Å². The standard InChI is InChI=1S/C15H21ClN2O3/c1-10-9-21-11(2)7-18(10)8-15(19)17-12-4-5-14(20-3)13(16)6-12/h4-6,10-11H,7-9H2,1-3H3,(H,17,19)/t10-,11+/m1/s1. The normalized spacial score (nSPS) is 22.9. The number of nitrogens with one attached hydrogen (secondary N) is 1. The molecule has 2 rings (SSSR count). The molecule has 1 N–H and O–H groups in total. The Hall–Kier alpha value is -1.30. The predicted molar refractivity (Wildman–Crippen MR) is 83.1 cm³/mol. The largest absolute Gasteiger partial charge is 0.495 e. The molecule has 0 saturated carbocycles. The van der Waals surface area contributed by atoms with Crippen molar-refractivity contribution in [1.82, 2.24) is 4.90 Å². The van der Waals surface area contributed by atoms with Crippen LogP contribution in [-0.2, 0) is 9.53 Å². The van der Waals surface area contributed by atoms with Gasteiger partial charge in [-0.2, -0.15) is 0 Å². The van der Waals surface area contributed by atoms with Gasteiger partial charge in [-0.15, -0.1) is 0 Å². The third kappa shape index (κ3) is 4.33. The molecule has 2 atom stereocenters. The smallest absolute Gasteiger partial charge is 0.238 e. The average molecular weight is 313 g/mol. The second-order valence-electron chi connectivity index (χ2n) is 5.32. The number of halogens is 1. The van der Waals surface area contributed by atoms with Crippen molar-refractivity contribution in [3.63, 3.8) is 0 Å². The second-order valence-corrected chi connectivity index (χ2v) is 5.73. The Morgan fingerprint density at radius 3 is 2.95 bits per heavy atom. The number of rotatable bonds is 4. The summed E-state index contributed by atoms with van der Waals surface area (Å²) in [5.41, 5.74) is 0.666. The van der Waals surface area contributed by atoms with Gasteiger partial charge in [0.1, 0.15) is 5.75 Å². The third-order valence-corrected chi connectivity index (χ3v) is 3.81. The SMILES string of the molecule is COc1ccc(NC(=O)CN2C[C@H](C)OC[C@H]2C)cc1Cl. The molecule has 1 saturated heterocycles. The zero-order valence-corrected chi connectivity index (χ0v) is 13.3. The highest BCUT2D eigenvalue weighted by Crippen LogP contribution is 2.27. The van der Waals surface area contributed by atoms with Crippen molar-refractivity contribution < 1.29 is 14.3 Å². The molecule has 1 aromatic carbocycles. The molecule has 0 unspecified atom stereocenters. The van der Waals surface area contributed by atoms with E-state index in [-0.39, 0.29) is 18.1 Å². The molecule has 0 aliphatic carbocycles. The van der Waals surface area contributed by atoms with E-state index in [0.29, 0.717) is 29.6 Å². The summed E-state index contributed by atoms with van der Waals surface area (Å²) in [6.45, 7) is 5.84. The molecule has 116 valence electrons. The van der Waals surface area contributed by atoms with E-state index in [0.717, 1.165) is 6.54 Å². The number of methoxy groups -OCH3 is 1. The van der Waals surface area contributed by atoms with E-state index in [4.69, 9.17) is 21.1 Å². The maximum absolute atomic E-state index is 12.1. The molecule has 0 spiro atoms. The van der Waals surface area contributed by atoms with Gasteiger partial charge in [0.15, 0.2) is 0 Å². The Bertz CT molecular complexity index is 510. The first-order valence-corrected chi connectivity index (χ1v) is 7.36. The van der Waals surface area contributed by atoms with Crippen LogP contribution in [0.4, 0.5) is 5.69 Å². The van der Waals surface area contributed by atoms with Crippen LogP contribution in [0.15, 0.2) is 18.2 Å². The van der Waals surface area contributed by atoms with E-state index in [1.807, 2.05) is 6.92 Å². The highest BCUT2D eigenvalue weighted by molar-refractivity contribution is 6.32. The molecule has 21 heavy (non-hydrogen) atoms. The number of benzene rings is 1. The maximum Gasteiger partial charge on any atom is 0.238 e. The first-order chi connectivity index (χ1) is 9.99. The summed E-state index contributed by atoms with van der Waals surface area (Å²) in [5.74, 6) is 0.530. The van der Waals surface area contributed by atoms with Crippen molar-refractivity contribution >= 4 is 23.2 Å². The van der Waals surface area contributed by atoms with E-state index in [1.54, 1.807) is 25.3 Å². The number of nitrogens with zero attached hydrogens (tertiary/aromatic N) is 1. The number of amides is 1. The van der Waals surface area contributed by atoms with Crippen molar-refractivity contribution in [3.8, 4) is 5.75 Å². The molecule has 1 aromatic rings. The van der Waals surface area contributed by atoms with E-state index in [2.05, 4.69) is 17.1 Å². The molecule has 1 fully saturated rings.